The molecule has 0 aromatic rings. The molecule has 3 nitrogen and oxygen atoms in total. The SMILES string of the molecule is O=C1C=CC(Cl)=C/C1=C1\C=CNN1. The lowest BCUT2D eigenvalue weighted by Gasteiger charge is -2.07. The molecule has 0 saturated carbocycles. The fraction of sp³-hybridized carbons (Fsp3) is 0. The van der Waals surface area contributed by atoms with E-state index < -0.39 is 0 Å². The molecule has 0 spiro atoms. The summed E-state index contributed by atoms with van der Waals surface area (Å²) in [6.07, 6.45) is 8.19. The summed E-state index contributed by atoms with van der Waals surface area (Å²) in [5.41, 5.74) is 6.93. The molecule has 0 aromatic heterocycles. The van der Waals surface area contributed by atoms with Gasteiger partial charge in [-0.15, -0.1) is 0 Å². The van der Waals surface area contributed by atoms with E-state index in [9.17, 15) is 4.79 Å². The number of allylic oxidation sites excluding steroid dienone is 6. The first-order valence-electron chi connectivity index (χ1n) is 3.79. The van der Waals surface area contributed by atoms with E-state index in [4.69, 9.17) is 11.6 Å². The third-order valence-electron chi connectivity index (χ3n) is 1.77. The van der Waals surface area contributed by atoms with Gasteiger partial charge in [0.15, 0.2) is 5.78 Å². The first-order valence-corrected chi connectivity index (χ1v) is 4.17. The molecule has 0 saturated heterocycles. The van der Waals surface area contributed by atoms with E-state index in [2.05, 4.69) is 10.9 Å². The Morgan fingerprint density at radius 3 is 2.77 bits per heavy atom. The molecule has 66 valence electrons. The van der Waals surface area contributed by atoms with Crippen molar-refractivity contribution in [2.45, 2.75) is 0 Å². The van der Waals surface area contributed by atoms with E-state index in [1.807, 2.05) is 0 Å². The van der Waals surface area contributed by atoms with Crippen LogP contribution >= 0.6 is 11.6 Å². The molecule has 0 unspecified atom stereocenters. The number of hydrazine groups is 1. The first-order chi connectivity index (χ1) is 6.27. The van der Waals surface area contributed by atoms with Gasteiger partial charge in [0.2, 0.25) is 0 Å². The van der Waals surface area contributed by atoms with Gasteiger partial charge in [-0.1, -0.05) is 11.6 Å². The molecule has 2 aliphatic rings. The van der Waals surface area contributed by atoms with E-state index in [0.717, 1.165) is 5.70 Å². The summed E-state index contributed by atoms with van der Waals surface area (Å²) in [5, 5.41) is 0.559. The molecule has 1 heterocycles. The van der Waals surface area contributed by atoms with Crippen LogP contribution in [0.3, 0.4) is 0 Å². The van der Waals surface area contributed by atoms with Gasteiger partial charge >= 0.3 is 0 Å². The molecule has 13 heavy (non-hydrogen) atoms. The van der Waals surface area contributed by atoms with Crippen molar-refractivity contribution in [3.05, 3.63) is 46.8 Å². The number of halogens is 1. The maximum absolute atomic E-state index is 11.4. The summed E-state index contributed by atoms with van der Waals surface area (Å²) < 4.78 is 0. The van der Waals surface area contributed by atoms with Gasteiger partial charge in [-0.05, 0) is 24.3 Å². The van der Waals surface area contributed by atoms with Crippen LogP contribution in [0.1, 0.15) is 0 Å². The van der Waals surface area contributed by atoms with E-state index in [-0.39, 0.29) is 5.78 Å². The Kier molecular flexibility index (Phi) is 1.94. The highest BCUT2D eigenvalue weighted by Gasteiger charge is 2.14. The Bertz CT molecular complexity index is 377. The number of hydrogen-bond donors (Lipinski definition) is 2. The van der Waals surface area contributed by atoms with Crippen molar-refractivity contribution in [1.82, 2.24) is 10.9 Å². The van der Waals surface area contributed by atoms with Gasteiger partial charge in [0.25, 0.3) is 0 Å². The maximum atomic E-state index is 11.4. The van der Waals surface area contributed by atoms with Crippen LogP contribution in [-0.4, -0.2) is 5.78 Å². The summed E-state index contributed by atoms with van der Waals surface area (Å²) in [4.78, 5) is 11.4. The fourth-order valence-electron chi connectivity index (χ4n) is 1.16. The monoisotopic (exact) mass is 194 g/mol. The number of rotatable bonds is 0. The van der Waals surface area contributed by atoms with Crippen LogP contribution in [0.2, 0.25) is 0 Å². The van der Waals surface area contributed by atoms with Gasteiger partial charge in [0.1, 0.15) is 0 Å². The molecule has 0 fully saturated rings. The number of hydrogen-bond acceptors (Lipinski definition) is 3. The zero-order valence-electron chi connectivity index (χ0n) is 6.67. The molecule has 1 aliphatic heterocycles. The summed E-state index contributed by atoms with van der Waals surface area (Å²) in [6, 6.07) is 0. The van der Waals surface area contributed by atoms with Crippen LogP contribution in [0, 0.1) is 0 Å². The zero-order chi connectivity index (χ0) is 9.26. The number of carbonyl (C=O) groups excluding carboxylic acids is 1. The molecule has 0 atom stereocenters. The second-order valence-electron chi connectivity index (χ2n) is 2.66. The highest BCUT2D eigenvalue weighted by atomic mass is 35.5. The minimum atomic E-state index is -0.0414. The second kappa shape index (κ2) is 3.11. The molecule has 0 radical (unpaired) electrons. The van der Waals surface area contributed by atoms with Crippen LogP contribution in [0.4, 0.5) is 0 Å². The predicted octanol–water partition coefficient (Wildman–Crippen LogP) is 1.12. The fourth-order valence-corrected chi connectivity index (χ4v) is 1.33. The minimum Gasteiger partial charge on any atom is -0.308 e. The van der Waals surface area contributed by atoms with Crippen molar-refractivity contribution < 1.29 is 4.79 Å². The largest absolute Gasteiger partial charge is 0.308 e. The summed E-state index contributed by atoms with van der Waals surface area (Å²) >= 11 is 5.77. The third kappa shape index (κ3) is 1.51. The summed E-state index contributed by atoms with van der Waals surface area (Å²) in [5.74, 6) is -0.0414. The molecule has 1 aliphatic carbocycles. The Morgan fingerprint density at radius 2 is 2.08 bits per heavy atom. The Morgan fingerprint density at radius 1 is 1.23 bits per heavy atom. The minimum absolute atomic E-state index is 0.0414. The van der Waals surface area contributed by atoms with E-state index in [1.165, 1.54) is 6.08 Å². The lowest BCUT2D eigenvalue weighted by Crippen LogP contribution is -2.21. The molecule has 2 N–H and O–H groups in total. The molecular formula is C9H7ClN2O. The van der Waals surface area contributed by atoms with Gasteiger partial charge in [-0.2, -0.15) is 0 Å². The number of carbonyl (C=O) groups is 1. The van der Waals surface area contributed by atoms with Gasteiger partial charge < -0.3 is 10.9 Å². The Labute approximate surface area is 80.4 Å². The topological polar surface area (TPSA) is 41.1 Å². The predicted molar refractivity (Wildman–Crippen MR) is 50.5 cm³/mol. The molecular weight excluding hydrogens is 188 g/mol. The average Bonchev–Trinajstić information content (AvgIpc) is 2.61. The Hall–Kier alpha value is -1.48. The molecule has 0 aromatic carbocycles. The number of ketones is 1. The summed E-state index contributed by atoms with van der Waals surface area (Å²) in [6.45, 7) is 0. The van der Waals surface area contributed by atoms with Gasteiger partial charge in [-0.3, -0.25) is 4.79 Å². The molecule has 4 heteroatoms. The van der Waals surface area contributed by atoms with Crippen molar-refractivity contribution in [2.24, 2.45) is 0 Å². The number of nitrogens with one attached hydrogen (secondary N) is 2. The van der Waals surface area contributed by atoms with Crippen molar-refractivity contribution in [2.75, 3.05) is 0 Å². The van der Waals surface area contributed by atoms with Crippen molar-refractivity contribution >= 4 is 17.4 Å². The quantitative estimate of drug-likeness (QED) is 0.568. The van der Waals surface area contributed by atoms with E-state index in [0.29, 0.717) is 10.6 Å². The van der Waals surface area contributed by atoms with E-state index in [1.54, 1.807) is 24.4 Å². The summed E-state index contributed by atoms with van der Waals surface area (Å²) in [7, 11) is 0. The second-order valence-corrected chi connectivity index (χ2v) is 3.09. The average molecular weight is 195 g/mol. The van der Waals surface area contributed by atoms with Gasteiger partial charge in [0.05, 0.1) is 5.70 Å². The zero-order valence-corrected chi connectivity index (χ0v) is 7.43. The maximum Gasteiger partial charge on any atom is 0.188 e. The molecule has 0 bridgehead atoms. The lowest BCUT2D eigenvalue weighted by atomic mass is 10.0. The lowest BCUT2D eigenvalue weighted by molar-refractivity contribution is -0.111. The third-order valence-corrected chi connectivity index (χ3v) is 2.01. The standard InChI is InChI=1S/C9H7ClN2O/c10-6-1-2-9(13)7(5-6)8-3-4-11-12-8/h1-5,11-12H/b8-7-. The Balaban J connectivity index is 2.43. The van der Waals surface area contributed by atoms with Crippen molar-refractivity contribution in [1.29, 1.82) is 0 Å². The van der Waals surface area contributed by atoms with Crippen LogP contribution in [0.15, 0.2) is 46.8 Å². The first kappa shape index (κ1) is 8.13. The molecule has 0 amide bonds. The smallest absolute Gasteiger partial charge is 0.188 e. The molecule has 2 rings (SSSR count). The van der Waals surface area contributed by atoms with Crippen LogP contribution < -0.4 is 10.9 Å². The van der Waals surface area contributed by atoms with Crippen molar-refractivity contribution in [3.8, 4) is 0 Å². The van der Waals surface area contributed by atoms with Gasteiger partial charge in [0, 0.05) is 16.8 Å². The highest BCUT2D eigenvalue weighted by molar-refractivity contribution is 6.33. The van der Waals surface area contributed by atoms with E-state index >= 15 is 0 Å². The van der Waals surface area contributed by atoms with Crippen LogP contribution in [0.5, 0.6) is 0 Å². The van der Waals surface area contributed by atoms with Gasteiger partial charge in [-0.25, -0.2) is 0 Å². The van der Waals surface area contributed by atoms with Crippen molar-refractivity contribution in [3.63, 3.8) is 0 Å². The van der Waals surface area contributed by atoms with Crippen LogP contribution in [-0.2, 0) is 4.79 Å². The van der Waals surface area contributed by atoms with Crippen LogP contribution in [0.25, 0.3) is 0 Å². The normalized spacial score (nSPS) is 25.6. The highest BCUT2D eigenvalue weighted by Crippen LogP contribution is 2.19.